The summed E-state index contributed by atoms with van der Waals surface area (Å²) < 4.78 is 0. The fraction of sp³-hybridized carbons (Fsp3) is 0.471. The van der Waals surface area contributed by atoms with Gasteiger partial charge in [0.1, 0.15) is 5.82 Å². The van der Waals surface area contributed by atoms with E-state index in [2.05, 4.69) is 46.4 Å². The molecule has 20 heavy (non-hydrogen) atoms. The first kappa shape index (κ1) is 13.4. The minimum atomic E-state index is 1.05. The fourth-order valence-corrected chi connectivity index (χ4v) is 2.87. The van der Waals surface area contributed by atoms with Crippen molar-refractivity contribution in [2.45, 2.75) is 26.2 Å². The van der Waals surface area contributed by atoms with E-state index in [-0.39, 0.29) is 0 Å². The third-order valence-corrected chi connectivity index (χ3v) is 4.05. The van der Waals surface area contributed by atoms with Crippen molar-refractivity contribution in [3.05, 3.63) is 36.0 Å². The van der Waals surface area contributed by atoms with Gasteiger partial charge in [0, 0.05) is 37.8 Å². The Morgan fingerprint density at radius 3 is 2.85 bits per heavy atom. The zero-order valence-corrected chi connectivity index (χ0v) is 12.2. The monoisotopic (exact) mass is 269 g/mol. The van der Waals surface area contributed by atoms with Crippen LogP contribution in [0.25, 0.3) is 10.8 Å². The molecule has 0 saturated carbocycles. The normalized spacial score (nSPS) is 15.8. The van der Waals surface area contributed by atoms with Gasteiger partial charge in [0.05, 0.1) is 0 Å². The molecule has 0 radical (unpaired) electrons. The van der Waals surface area contributed by atoms with Gasteiger partial charge in [0.2, 0.25) is 0 Å². The summed E-state index contributed by atoms with van der Waals surface area (Å²) in [6.07, 6.45) is 5.61. The molecule has 0 aliphatic carbocycles. The number of aromatic nitrogens is 1. The second kappa shape index (κ2) is 6.23. The molecule has 1 aromatic carbocycles. The Balaban J connectivity index is 1.97. The Morgan fingerprint density at radius 2 is 2.05 bits per heavy atom. The number of anilines is 1. The van der Waals surface area contributed by atoms with E-state index in [0.717, 1.165) is 32.0 Å². The van der Waals surface area contributed by atoms with Gasteiger partial charge in [-0.05, 0) is 35.9 Å². The van der Waals surface area contributed by atoms with E-state index in [0.29, 0.717) is 0 Å². The molecule has 0 unspecified atom stereocenters. The number of pyridine rings is 1. The molecule has 0 spiro atoms. The van der Waals surface area contributed by atoms with Gasteiger partial charge in [0.25, 0.3) is 0 Å². The molecule has 2 heterocycles. The van der Waals surface area contributed by atoms with Crippen LogP contribution in [0.1, 0.15) is 25.3 Å². The molecule has 0 amide bonds. The lowest BCUT2D eigenvalue weighted by Crippen LogP contribution is -2.43. The quantitative estimate of drug-likeness (QED) is 0.925. The van der Waals surface area contributed by atoms with Crippen LogP contribution in [0.4, 0.5) is 5.82 Å². The molecular formula is C17H23N3. The predicted molar refractivity (Wildman–Crippen MR) is 85.4 cm³/mol. The molecule has 3 heteroatoms. The van der Waals surface area contributed by atoms with Crippen molar-refractivity contribution in [2.24, 2.45) is 0 Å². The zero-order chi connectivity index (χ0) is 13.8. The van der Waals surface area contributed by atoms with Crippen molar-refractivity contribution in [1.82, 2.24) is 10.3 Å². The molecule has 1 aromatic heterocycles. The lowest BCUT2D eigenvalue weighted by atomic mass is 10.0. The van der Waals surface area contributed by atoms with Crippen LogP contribution in [-0.4, -0.2) is 31.2 Å². The molecule has 0 bridgehead atoms. The number of benzene rings is 1. The summed E-state index contributed by atoms with van der Waals surface area (Å²) in [6, 6.07) is 8.97. The first-order valence-electron chi connectivity index (χ1n) is 7.72. The van der Waals surface area contributed by atoms with Gasteiger partial charge >= 0.3 is 0 Å². The third kappa shape index (κ3) is 2.78. The summed E-state index contributed by atoms with van der Waals surface area (Å²) in [5, 5.41) is 6.01. The first-order valence-corrected chi connectivity index (χ1v) is 7.72. The van der Waals surface area contributed by atoms with E-state index in [4.69, 9.17) is 0 Å². The van der Waals surface area contributed by atoms with Gasteiger partial charge in [-0.15, -0.1) is 0 Å². The predicted octanol–water partition coefficient (Wildman–Crippen LogP) is 2.99. The number of nitrogens with one attached hydrogen (secondary N) is 1. The van der Waals surface area contributed by atoms with Crippen LogP contribution < -0.4 is 10.2 Å². The standard InChI is InChI=1S/C17H23N3/c1-2-3-4-14-5-6-15-7-8-19-17(16(15)13-14)20-11-9-18-10-12-20/h5-8,13,18H,2-4,9-12H2,1H3. The van der Waals surface area contributed by atoms with E-state index < -0.39 is 0 Å². The summed E-state index contributed by atoms with van der Waals surface area (Å²) in [6.45, 7) is 6.44. The number of nitrogens with zero attached hydrogens (tertiary/aromatic N) is 2. The van der Waals surface area contributed by atoms with Crippen LogP contribution >= 0.6 is 0 Å². The van der Waals surface area contributed by atoms with Crippen LogP contribution in [-0.2, 0) is 6.42 Å². The zero-order valence-electron chi connectivity index (χ0n) is 12.2. The highest BCUT2D eigenvalue weighted by atomic mass is 15.2. The molecule has 3 nitrogen and oxygen atoms in total. The summed E-state index contributed by atoms with van der Waals surface area (Å²) in [4.78, 5) is 7.06. The van der Waals surface area contributed by atoms with Crippen LogP contribution in [0.2, 0.25) is 0 Å². The number of aryl methyl sites for hydroxylation is 1. The van der Waals surface area contributed by atoms with Gasteiger partial charge in [-0.1, -0.05) is 25.5 Å². The largest absolute Gasteiger partial charge is 0.354 e. The SMILES string of the molecule is CCCCc1ccc2ccnc(N3CCNCC3)c2c1. The van der Waals surface area contributed by atoms with Gasteiger partial charge in [0.15, 0.2) is 0 Å². The summed E-state index contributed by atoms with van der Waals surface area (Å²) in [7, 11) is 0. The van der Waals surface area contributed by atoms with Crippen molar-refractivity contribution < 1.29 is 0 Å². The molecule has 106 valence electrons. The molecule has 1 fully saturated rings. The Labute approximate surface area is 121 Å². The fourth-order valence-electron chi connectivity index (χ4n) is 2.87. The Hall–Kier alpha value is -1.61. The van der Waals surface area contributed by atoms with E-state index >= 15 is 0 Å². The molecule has 3 rings (SSSR count). The molecule has 1 saturated heterocycles. The van der Waals surface area contributed by atoms with Crippen LogP contribution in [0, 0.1) is 0 Å². The smallest absolute Gasteiger partial charge is 0.136 e. The number of hydrogen-bond acceptors (Lipinski definition) is 3. The number of rotatable bonds is 4. The van der Waals surface area contributed by atoms with Crippen molar-refractivity contribution in [1.29, 1.82) is 0 Å². The first-order chi connectivity index (χ1) is 9.88. The lowest BCUT2D eigenvalue weighted by molar-refractivity contribution is 0.586. The maximum absolute atomic E-state index is 4.65. The minimum absolute atomic E-state index is 1.05. The van der Waals surface area contributed by atoms with Crippen LogP contribution in [0.3, 0.4) is 0 Å². The van der Waals surface area contributed by atoms with E-state index in [9.17, 15) is 0 Å². The molecule has 1 aliphatic heterocycles. The average Bonchev–Trinajstić information content (AvgIpc) is 2.53. The molecule has 0 atom stereocenters. The van der Waals surface area contributed by atoms with Gasteiger partial charge < -0.3 is 10.2 Å². The van der Waals surface area contributed by atoms with Crippen LogP contribution in [0.5, 0.6) is 0 Å². The minimum Gasteiger partial charge on any atom is -0.354 e. The number of unbranched alkanes of at least 4 members (excludes halogenated alkanes) is 1. The molecular weight excluding hydrogens is 246 g/mol. The third-order valence-electron chi connectivity index (χ3n) is 4.05. The Morgan fingerprint density at radius 1 is 1.20 bits per heavy atom. The topological polar surface area (TPSA) is 28.2 Å². The number of piperazine rings is 1. The highest BCUT2D eigenvalue weighted by Gasteiger charge is 2.14. The van der Waals surface area contributed by atoms with Crippen molar-refractivity contribution in [3.8, 4) is 0 Å². The van der Waals surface area contributed by atoms with Gasteiger partial charge in [-0.25, -0.2) is 4.98 Å². The molecule has 1 aliphatic rings. The Kier molecular flexibility index (Phi) is 4.16. The van der Waals surface area contributed by atoms with E-state index in [1.54, 1.807) is 0 Å². The summed E-state index contributed by atoms with van der Waals surface area (Å²) >= 11 is 0. The average molecular weight is 269 g/mol. The number of fused-ring (bicyclic) bond motifs is 1. The van der Waals surface area contributed by atoms with Gasteiger partial charge in [-0.2, -0.15) is 0 Å². The van der Waals surface area contributed by atoms with Gasteiger partial charge in [-0.3, -0.25) is 0 Å². The molecule has 2 aromatic rings. The van der Waals surface area contributed by atoms with Crippen molar-refractivity contribution >= 4 is 16.6 Å². The second-order valence-corrected chi connectivity index (χ2v) is 5.53. The summed E-state index contributed by atoms with van der Waals surface area (Å²) in [5.74, 6) is 1.15. The summed E-state index contributed by atoms with van der Waals surface area (Å²) in [5.41, 5.74) is 1.43. The van der Waals surface area contributed by atoms with Crippen molar-refractivity contribution in [3.63, 3.8) is 0 Å². The number of hydrogen-bond donors (Lipinski definition) is 1. The molecule has 1 N–H and O–H groups in total. The highest BCUT2D eigenvalue weighted by Crippen LogP contribution is 2.26. The van der Waals surface area contributed by atoms with Crippen molar-refractivity contribution in [2.75, 3.05) is 31.1 Å². The maximum Gasteiger partial charge on any atom is 0.136 e. The highest BCUT2D eigenvalue weighted by molar-refractivity contribution is 5.92. The lowest BCUT2D eigenvalue weighted by Gasteiger charge is -2.29. The second-order valence-electron chi connectivity index (χ2n) is 5.53. The van der Waals surface area contributed by atoms with Crippen LogP contribution in [0.15, 0.2) is 30.5 Å². The Bertz CT molecular complexity index is 573. The van der Waals surface area contributed by atoms with E-state index in [1.165, 1.54) is 35.6 Å². The maximum atomic E-state index is 4.65. The van der Waals surface area contributed by atoms with E-state index in [1.807, 2.05) is 6.20 Å².